The van der Waals surface area contributed by atoms with Crippen molar-refractivity contribution in [2.75, 3.05) is 5.73 Å². The number of hydrogen-bond donors (Lipinski definition) is 2. The highest BCUT2D eigenvalue weighted by molar-refractivity contribution is 7.15. The van der Waals surface area contributed by atoms with E-state index in [4.69, 9.17) is 5.73 Å². The number of hydrogen-bond acceptors (Lipinski definition) is 4. The lowest BCUT2D eigenvalue weighted by Gasteiger charge is -1.99. The molecular weight excluding hydrogens is 232 g/mol. The topological polar surface area (TPSA) is 67.6 Å². The smallest absolute Gasteiger partial charge is 0.153 e. The van der Waals surface area contributed by atoms with Crippen molar-refractivity contribution < 1.29 is 0 Å². The van der Waals surface area contributed by atoms with Crippen LogP contribution in [-0.2, 0) is 0 Å². The van der Waals surface area contributed by atoms with Crippen LogP contribution in [0.2, 0.25) is 0 Å². The van der Waals surface area contributed by atoms with E-state index in [9.17, 15) is 0 Å². The van der Waals surface area contributed by atoms with E-state index >= 15 is 0 Å². The highest BCUT2D eigenvalue weighted by Crippen LogP contribution is 2.32. The second-order valence-electron chi connectivity index (χ2n) is 4.02. The molecule has 4 nitrogen and oxygen atoms in total. The number of nitrogens with one attached hydrogen (secondary N) is 1. The van der Waals surface area contributed by atoms with Gasteiger partial charge in [-0.25, -0.2) is 4.98 Å². The van der Waals surface area contributed by atoms with Crippen molar-refractivity contribution in [3.8, 4) is 10.4 Å². The Kier molecular flexibility index (Phi) is 2.16. The van der Waals surface area contributed by atoms with Gasteiger partial charge < -0.3 is 5.73 Å². The first-order valence-corrected chi connectivity index (χ1v) is 6.15. The van der Waals surface area contributed by atoms with Gasteiger partial charge in [-0.15, -0.1) is 11.3 Å². The highest BCUT2D eigenvalue weighted by Gasteiger charge is 2.09. The van der Waals surface area contributed by atoms with E-state index in [1.165, 1.54) is 4.88 Å². The lowest BCUT2D eigenvalue weighted by molar-refractivity contribution is 1.13. The van der Waals surface area contributed by atoms with Gasteiger partial charge in [0.25, 0.3) is 0 Å². The number of aryl methyl sites for hydroxylation is 2. The van der Waals surface area contributed by atoms with Gasteiger partial charge in [-0.05, 0) is 31.5 Å². The Morgan fingerprint density at radius 3 is 2.82 bits per heavy atom. The lowest BCUT2D eigenvalue weighted by Crippen LogP contribution is -1.84. The first-order chi connectivity index (χ1) is 8.15. The molecule has 0 saturated heterocycles. The molecule has 17 heavy (non-hydrogen) atoms. The molecule has 1 aromatic carbocycles. The molecular formula is C12H12N4S. The average Bonchev–Trinajstić information content (AvgIpc) is 2.83. The molecule has 0 radical (unpaired) electrons. The number of aromatic nitrogens is 3. The molecule has 0 fully saturated rings. The van der Waals surface area contributed by atoms with Crippen LogP contribution in [0.4, 0.5) is 5.82 Å². The Hall–Kier alpha value is -1.88. The summed E-state index contributed by atoms with van der Waals surface area (Å²) in [6, 6.07) is 6.14. The fraction of sp³-hybridized carbons (Fsp3) is 0.167. The molecule has 3 N–H and O–H groups in total. The van der Waals surface area contributed by atoms with Crippen molar-refractivity contribution in [3.05, 3.63) is 28.9 Å². The predicted molar refractivity (Wildman–Crippen MR) is 71.1 cm³/mol. The Morgan fingerprint density at radius 1 is 1.29 bits per heavy atom. The standard InChI is InChI=1S/C12H12N4S/c1-6-11(17-7(2)14-6)8-3-4-10-9(5-8)12(13)16-15-10/h3-5H,1-2H3,(H3,13,15,16). The molecule has 0 unspecified atom stereocenters. The molecule has 0 saturated carbocycles. The number of benzene rings is 1. The number of thiazole rings is 1. The summed E-state index contributed by atoms with van der Waals surface area (Å²) < 4.78 is 0. The maximum absolute atomic E-state index is 5.81. The summed E-state index contributed by atoms with van der Waals surface area (Å²) in [5.41, 5.74) is 8.99. The van der Waals surface area contributed by atoms with Crippen molar-refractivity contribution in [2.24, 2.45) is 0 Å². The van der Waals surface area contributed by atoms with E-state index in [-0.39, 0.29) is 0 Å². The number of nitrogens with zero attached hydrogens (tertiary/aromatic N) is 2. The lowest BCUT2D eigenvalue weighted by atomic mass is 10.1. The Bertz CT molecular complexity index is 696. The normalized spacial score (nSPS) is 11.2. The van der Waals surface area contributed by atoms with Gasteiger partial charge in [0.15, 0.2) is 5.82 Å². The maximum Gasteiger partial charge on any atom is 0.153 e. The molecule has 2 heterocycles. The summed E-state index contributed by atoms with van der Waals surface area (Å²) in [4.78, 5) is 5.64. The number of fused-ring (bicyclic) bond motifs is 1. The molecule has 3 aromatic rings. The summed E-state index contributed by atoms with van der Waals surface area (Å²) in [6.45, 7) is 4.05. The first-order valence-electron chi connectivity index (χ1n) is 5.33. The molecule has 0 aliphatic carbocycles. The van der Waals surface area contributed by atoms with Gasteiger partial charge >= 0.3 is 0 Å². The minimum Gasteiger partial charge on any atom is -0.382 e. The third-order valence-corrected chi connectivity index (χ3v) is 3.88. The van der Waals surface area contributed by atoms with Crippen LogP contribution >= 0.6 is 11.3 Å². The fourth-order valence-corrected chi connectivity index (χ4v) is 2.89. The molecule has 0 bridgehead atoms. The van der Waals surface area contributed by atoms with E-state index in [1.54, 1.807) is 11.3 Å². The molecule has 0 atom stereocenters. The van der Waals surface area contributed by atoms with E-state index in [1.807, 2.05) is 19.9 Å². The van der Waals surface area contributed by atoms with E-state index in [0.29, 0.717) is 5.82 Å². The van der Waals surface area contributed by atoms with Crippen LogP contribution in [-0.4, -0.2) is 15.2 Å². The zero-order chi connectivity index (χ0) is 12.0. The number of aromatic amines is 1. The SMILES string of the molecule is Cc1nc(C)c(-c2ccc3[nH]nc(N)c3c2)s1. The van der Waals surface area contributed by atoms with Crippen LogP contribution in [0.5, 0.6) is 0 Å². The second-order valence-corrected chi connectivity index (χ2v) is 5.22. The molecule has 2 aromatic heterocycles. The molecule has 0 amide bonds. The largest absolute Gasteiger partial charge is 0.382 e. The summed E-state index contributed by atoms with van der Waals surface area (Å²) in [5, 5.41) is 8.94. The minimum absolute atomic E-state index is 0.542. The molecule has 3 rings (SSSR count). The van der Waals surface area contributed by atoms with Crippen LogP contribution in [0.25, 0.3) is 21.3 Å². The van der Waals surface area contributed by atoms with Crippen molar-refractivity contribution in [2.45, 2.75) is 13.8 Å². The van der Waals surface area contributed by atoms with Gasteiger partial charge in [0.05, 0.1) is 21.1 Å². The van der Waals surface area contributed by atoms with Gasteiger partial charge in [-0.1, -0.05) is 6.07 Å². The van der Waals surface area contributed by atoms with Crippen molar-refractivity contribution in [1.82, 2.24) is 15.2 Å². The minimum atomic E-state index is 0.542. The zero-order valence-electron chi connectivity index (χ0n) is 9.61. The van der Waals surface area contributed by atoms with Gasteiger partial charge in [0.2, 0.25) is 0 Å². The fourth-order valence-electron chi connectivity index (χ4n) is 1.97. The summed E-state index contributed by atoms with van der Waals surface area (Å²) in [7, 11) is 0. The molecule has 0 aliphatic heterocycles. The van der Waals surface area contributed by atoms with Crippen molar-refractivity contribution >= 4 is 28.1 Å². The van der Waals surface area contributed by atoms with Gasteiger partial charge in [-0.3, -0.25) is 5.10 Å². The third kappa shape index (κ3) is 1.59. The van der Waals surface area contributed by atoms with Crippen LogP contribution in [0.15, 0.2) is 18.2 Å². The Morgan fingerprint density at radius 2 is 2.12 bits per heavy atom. The highest BCUT2D eigenvalue weighted by atomic mass is 32.1. The zero-order valence-corrected chi connectivity index (χ0v) is 10.4. The van der Waals surface area contributed by atoms with Crippen molar-refractivity contribution in [1.29, 1.82) is 0 Å². The summed E-state index contributed by atoms with van der Waals surface area (Å²) in [5.74, 6) is 0.542. The van der Waals surface area contributed by atoms with Gasteiger partial charge in [-0.2, -0.15) is 5.10 Å². The molecule has 0 aliphatic rings. The van der Waals surface area contributed by atoms with Crippen LogP contribution < -0.4 is 5.73 Å². The van der Waals surface area contributed by atoms with Gasteiger partial charge in [0.1, 0.15) is 0 Å². The average molecular weight is 244 g/mol. The monoisotopic (exact) mass is 244 g/mol. The molecule has 86 valence electrons. The third-order valence-electron chi connectivity index (χ3n) is 2.76. The maximum atomic E-state index is 5.81. The number of rotatable bonds is 1. The summed E-state index contributed by atoms with van der Waals surface area (Å²) >= 11 is 1.70. The second kappa shape index (κ2) is 3.56. The number of H-pyrrole nitrogens is 1. The molecule has 0 spiro atoms. The number of nitrogens with two attached hydrogens (primary N) is 1. The summed E-state index contributed by atoms with van der Waals surface area (Å²) in [6.07, 6.45) is 0. The van der Waals surface area contributed by atoms with E-state index in [2.05, 4.69) is 27.3 Å². The first kappa shape index (κ1) is 10.3. The van der Waals surface area contributed by atoms with Gasteiger partial charge in [0, 0.05) is 5.39 Å². The van der Waals surface area contributed by atoms with Crippen molar-refractivity contribution in [3.63, 3.8) is 0 Å². The van der Waals surface area contributed by atoms with E-state index in [0.717, 1.165) is 27.2 Å². The quantitative estimate of drug-likeness (QED) is 0.691. The van der Waals surface area contributed by atoms with Crippen LogP contribution in [0.1, 0.15) is 10.7 Å². The van der Waals surface area contributed by atoms with Crippen LogP contribution in [0.3, 0.4) is 0 Å². The predicted octanol–water partition coefficient (Wildman–Crippen LogP) is 2.89. The Balaban J connectivity index is 2.23. The molecule has 5 heteroatoms. The van der Waals surface area contributed by atoms with Crippen LogP contribution in [0, 0.1) is 13.8 Å². The number of anilines is 1. The Labute approximate surface area is 102 Å². The van der Waals surface area contributed by atoms with E-state index < -0.39 is 0 Å². The number of nitrogen functional groups attached to an aromatic ring is 1.